The molecule has 88 valence electrons. The topological polar surface area (TPSA) is 37.3 Å². The summed E-state index contributed by atoms with van der Waals surface area (Å²) in [6, 6.07) is 7.05. The molecule has 1 N–H and O–H groups in total. The molecule has 0 amide bonds. The number of alkyl halides is 1. The molecule has 0 bridgehead atoms. The van der Waals surface area contributed by atoms with Crippen LogP contribution in [0.1, 0.15) is 18.4 Å². The molecule has 0 fully saturated rings. The van der Waals surface area contributed by atoms with Gasteiger partial charge in [0, 0.05) is 5.02 Å². The Balaban J connectivity index is 2.60. The zero-order valence-corrected chi connectivity index (χ0v) is 9.58. The molecule has 1 aromatic rings. The smallest absolute Gasteiger partial charge is 0.306 e. The molecule has 0 heterocycles. The highest BCUT2D eigenvalue weighted by Crippen LogP contribution is 2.17. The molecular weight excluding hydrogens is 231 g/mol. The molecule has 0 aliphatic carbocycles. The van der Waals surface area contributed by atoms with Gasteiger partial charge in [-0.3, -0.25) is 9.18 Å². The second-order valence-corrected chi connectivity index (χ2v) is 4.13. The van der Waals surface area contributed by atoms with Gasteiger partial charge >= 0.3 is 5.97 Å². The van der Waals surface area contributed by atoms with Gasteiger partial charge in [0.15, 0.2) is 0 Å². The summed E-state index contributed by atoms with van der Waals surface area (Å²) in [5, 5.41) is 9.59. The third-order valence-electron chi connectivity index (χ3n) is 2.43. The second-order valence-electron chi connectivity index (χ2n) is 3.70. The van der Waals surface area contributed by atoms with Gasteiger partial charge in [-0.15, -0.1) is 0 Å². The fourth-order valence-electron chi connectivity index (χ4n) is 1.54. The summed E-state index contributed by atoms with van der Waals surface area (Å²) in [6.45, 7) is -0.468. The first-order valence-electron chi connectivity index (χ1n) is 5.16. The summed E-state index contributed by atoms with van der Waals surface area (Å²) in [5.74, 6) is -1.39. The molecule has 0 aliphatic rings. The molecule has 4 heteroatoms. The molecule has 1 unspecified atom stereocenters. The number of carbonyl (C=O) groups is 1. The lowest BCUT2D eigenvalue weighted by molar-refractivity contribution is -0.142. The Morgan fingerprint density at radius 3 is 2.50 bits per heavy atom. The first-order chi connectivity index (χ1) is 7.63. The predicted octanol–water partition coefficient (Wildman–Crippen LogP) is 3.33. The maximum Gasteiger partial charge on any atom is 0.306 e. The fraction of sp³-hybridized carbons (Fsp3) is 0.417. The average Bonchev–Trinajstić information content (AvgIpc) is 2.26. The van der Waals surface area contributed by atoms with Crippen LogP contribution in [0, 0.1) is 5.92 Å². The highest BCUT2D eigenvalue weighted by Gasteiger charge is 2.17. The van der Waals surface area contributed by atoms with E-state index in [0.717, 1.165) is 5.56 Å². The highest BCUT2D eigenvalue weighted by molar-refractivity contribution is 6.30. The molecule has 2 nitrogen and oxygen atoms in total. The zero-order chi connectivity index (χ0) is 12.0. The third kappa shape index (κ3) is 4.19. The third-order valence-corrected chi connectivity index (χ3v) is 2.68. The van der Waals surface area contributed by atoms with Crippen molar-refractivity contribution in [1.29, 1.82) is 0 Å². The Bertz CT molecular complexity index is 337. The van der Waals surface area contributed by atoms with Crippen molar-refractivity contribution in [3.05, 3.63) is 34.9 Å². The number of aliphatic carboxylic acids is 1. The minimum absolute atomic E-state index is 0.296. The Morgan fingerprint density at radius 1 is 1.38 bits per heavy atom. The van der Waals surface area contributed by atoms with E-state index < -0.39 is 18.6 Å². The van der Waals surface area contributed by atoms with E-state index in [1.165, 1.54) is 0 Å². The molecule has 16 heavy (non-hydrogen) atoms. The van der Waals surface area contributed by atoms with Crippen molar-refractivity contribution in [2.24, 2.45) is 5.92 Å². The number of hydrogen-bond donors (Lipinski definition) is 1. The van der Waals surface area contributed by atoms with E-state index >= 15 is 0 Å². The molecule has 0 saturated carbocycles. The molecule has 0 aliphatic heterocycles. The van der Waals surface area contributed by atoms with Crippen LogP contribution in [-0.4, -0.2) is 17.8 Å². The Labute approximate surface area is 99.0 Å². The Morgan fingerprint density at radius 2 is 2.00 bits per heavy atom. The van der Waals surface area contributed by atoms with Gasteiger partial charge in [0.05, 0.1) is 12.6 Å². The van der Waals surface area contributed by atoms with Crippen LogP contribution in [0.4, 0.5) is 4.39 Å². The maximum absolute atomic E-state index is 12.0. The van der Waals surface area contributed by atoms with Gasteiger partial charge in [-0.25, -0.2) is 0 Å². The molecule has 1 rings (SSSR count). The largest absolute Gasteiger partial charge is 0.481 e. The van der Waals surface area contributed by atoms with E-state index in [1.54, 1.807) is 24.3 Å². The van der Waals surface area contributed by atoms with Crippen molar-refractivity contribution in [3.63, 3.8) is 0 Å². The van der Waals surface area contributed by atoms with Crippen LogP contribution in [0.2, 0.25) is 5.02 Å². The van der Waals surface area contributed by atoms with Crippen molar-refractivity contribution in [2.75, 3.05) is 6.67 Å². The minimum Gasteiger partial charge on any atom is -0.481 e. The lowest BCUT2D eigenvalue weighted by Crippen LogP contribution is -2.16. The minimum atomic E-state index is -0.872. The van der Waals surface area contributed by atoms with Crippen LogP contribution >= 0.6 is 11.6 Å². The first kappa shape index (κ1) is 13.0. The van der Waals surface area contributed by atoms with E-state index in [1.807, 2.05) is 0 Å². The molecule has 1 aromatic carbocycles. The van der Waals surface area contributed by atoms with Crippen molar-refractivity contribution >= 4 is 17.6 Å². The summed E-state index contributed by atoms with van der Waals surface area (Å²) < 4.78 is 12.0. The highest BCUT2D eigenvalue weighted by atomic mass is 35.5. The van der Waals surface area contributed by atoms with Crippen LogP contribution in [0.3, 0.4) is 0 Å². The number of carboxylic acid groups (broad SMARTS) is 1. The number of carboxylic acids is 1. The number of benzene rings is 1. The van der Waals surface area contributed by atoms with E-state index in [0.29, 0.717) is 24.3 Å². The fourth-order valence-corrected chi connectivity index (χ4v) is 1.67. The van der Waals surface area contributed by atoms with Gasteiger partial charge < -0.3 is 5.11 Å². The normalized spacial score (nSPS) is 12.4. The second kappa shape index (κ2) is 6.48. The van der Waals surface area contributed by atoms with E-state index in [9.17, 15) is 9.18 Å². The van der Waals surface area contributed by atoms with E-state index in [-0.39, 0.29) is 0 Å². The van der Waals surface area contributed by atoms with Gasteiger partial charge in [0.1, 0.15) is 0 Å². The van der Waals surface area contributed by atoms with Gasteiger partial charge in [0.2, 0.25) is 0 Å². The van der Waals surface area contributed by atoms with Crippen molar-refractivity contribution < 1.29 is 14.3 Å². The lowest BCUT2D eigenvalue weighted by atomic mass is 9.95. The Kier molecular flexibility index (Phi) is 5.26. The molecule has 0 radical (unpaired) electrons. The standard InChI is InChI=1S/C12H14ClFO2/c13-11-5-3-9(4-6-11)8-10(12(15)16)2-1-7-14/h3-6,10H,1-2,7-8H2,(H,15,16). The van der Waals surface area contributed by atoms with Crippen LogP contribution in [0.15, 0.2) is 24.3 Å². The quantitative estimate of drug-likeness (QED) is 0.833. The van der Waals surface area contributed by atoms with Crippen LogP contribution in [0.5, 0.6) is 0 Å². The molecule has 1 atom stereocenters. The lowest BCUT2D eigenvalue weighted by Gasteiger charge is -2.11. The van der Waals surface area contributed by atoms with Crippen molar-refractivity contribution in [3.8, 4) is 0 Å². The predicted molar refractivity (Wildman–Crippen MR) is 61.5 cm³/mol. The molecule has 0 spiro atoms. The van der Waals surface area contributed by atoms with Crippen LogP contribution < -0.4 is 0 Å². The summed E-state index contributed by atoms with van der Waals surface area (Å²) in [7, 11) is 0. The SMILES string of the molecule is O=C(O)C(CCCF)Cc1ccc(Cl)cc1. The van der Waals surface area contributed by atoms with E-state index in [2.05, 4.69) is 0 Å². The first-order valence-corrected chi connectivity index (χ1v) is 5.54. The molecule has 0 saturated heterocycles. The monoisotopic (exact) mass is 244 g/mol. The van der Waals surface area contributed by atoms with Gasteiger partial charge in [-0.05, 0) is 37.0 Å². The summed E-state index contributed by atoms with van der Waals surface area (Å²) in [6.07, 6.45) is 1.09. The maximum atomic E-state index is 12.0. The van der Waals surface area contributed by atoms with Crippen LogP contribution in [-0.2, 0) is 11.2 Å². The zero-order valence-electron chi connectivity index (χ0n) is 8.83. The number of halogens is 2. The van der Waals surface area contributed by atoms with Crippen LogP contribution in [0.25, 0.3) is 0 Å². The van der Waals surface area contributed by atoms with Crippen molar-refractivity contribution in [1.82, 2.24) is 0 Å². The molecule has 0 aromatic heterocycles. The van der Waals surface area contributed by atoms with Gasteiger partial charge in [-0.1, -0.05) is 23.7 Å². The summed E-state index contributed by atoms with van der Waals surface area (Å²) in [5.41, 5.74) is 0.913. The summed E-state index contributed by atoms with van der Waals surface area (Å²) in [4.78, 5) is 10.9. The summed E-state index contributed by atoms with van der Waals surface area (Å²) >= 11 is 5.73. The van der Waals surface area contributed by atoms with Crippen molar-refractivity contribution in [2.45, 2.75) is 19.3 Å². The van der Waals surface area contributed by atoms with E-state index in [4.69, 9.17) is 16.7 Å². The number of rotatable bonds is 6. The average molecular weight is 245 g/mol. The van der Waals surface area contributed by atoms with Gasteiger partial charge in [0.25, 0.3) is 0 Å². The molecular formula is C12H14ClFO2. The number of hydrogen-bond acceptors (Lipinski definition) is 1. The Hall–Kier alpha value is -1.09. The van der Waals surface area contributed by atoms with Gasteiger partial charge in [-0.2, -0.15) is 0 Å².